The van der Waals surface area contributed by atoms with E-state index >= 15 is 0 Å². The summed E-state index contributed by atoms with van der Waals surface area (Å²) >= 11 is 0. The van der Waals surface area contributed by atoms with E-state index in [0.29, 0.717) is 0 Å². The third-order valence-electron chi connectivity index (χ3n) is 0.268. The van der Waals surface area contributed by atoms with E-state index in [2.05, 4.69) is 4.74 Å². The van der Waals surface area contributed by atoms with Crippen molar-refractivity contribution in [1.29, 1.82) is 0 Å². The molecule has 0 fully saturated rings. The van der Waals surface area contributed by atoms with Crippen LogP contribution in [0.3, 0.4) is 0 Å². The summed E-state index contributed by atoms with van der Waals surface area (Å²) in [5.41, 5.74) is 0. The molecule has 0 unspecified atom stereocenters. The first-order chi connectivity index (χ1) is 2.77. The van der Waals surface area contributed by atoms with Gasteiger partial charge in [-0.2, -0.15) is 0 Å². The molecule has 4 nitrogen and oxygen atoms in total. The van der Waals surface area contributed by atoms with Crippen molar-refractivity contribution in [2.24, 2.45) is 0 Å². The first kappa shape index (κ1) is 9.52. The van der Waals surface area contributed by atoms with Gasteiger partial charge in [-0.15, -0.1) is 0 Å². The van der Waals surface area contributed by atoms with Crippen LogP contribution in [0.15, 0.2) is 0 Å². The Bertz CT molecular complexity index is 50.9. The van der Waals surface area contributed by atoms with Gasteiger partial charge in [0.15, 0.2) is 0 Å². The summed E-state index contributed by atoms with van der Waals surface area (Å²) in [6.07, 6.45) is -1.21. The Labute approximate surface area is 41.0 Å². The average Bonchev–Trinajstić information content (AvgIpc) is 1.35. The summed E-state index contributed by atoms with van der Waals surface area (Å²) in [7, 11) is 0. The number of carboxylic acid groups (broad SMARTS) is 1. The van der Waals surface area contributed by atoms with Crippen molar-refractivity contribution < 1.29 is 20.1 Å². The van der Waals surface area contributed by atoms with E-state index in [1.165, 1.54) is 0 Å². The van der Waals surface area contributed by atoms with Crippen LogP contribution in [0.1, 0.15) is 6.92 Å². The fourth-order valence-electron chi connectivity index (χ4n) is 0.123. The maximum absolute atomic E-state index is 9.38. The maximum atomic E-state index is 9.38. The molecule has 0 radical (unpaired) electrons. The molecule has 0 aromatic rings. The zero-order chi connectivity index (χ0) is 4.99. The lowest BCUT2D eigenvalue weighted by Gasteiger charge is -1.87. The van der Waals surface area contributed by atoms with Crippen LogP contribution in [-0.4, -0.2) is 23.3 Å². The Hall–Kier alpha value is -0.770. The highest BCUT2D eigenvalue weighted by molar-refractivity contribution is 5.56. The molecule has 0 aliphatic rings. The Balaban J connectivity index is 0. The quantitative estimate of drug-likeness (QED) is 0.475. The minimum absolute atomic E-state index is 0. The van der Waals surface area contributed by atoms with Crippen LogP contribution in [0.25, 0.3) is 0 Å². The molecule has 0 aliphatic heterocycles. The van der Waals surface area contributed by atoms with Crippen molar-refractivity contribution in [1.82, 2.24) is 0 Å². The van der Waals surface area contributed by atoms with Gasteiger partial charge in [0, 0.05) is 0 Å². The van der Waals surface area contributed by atoms with Crippen molar-refractivity contribution in [3.63, 3.8) is 0 Å². The van der Waals surface area contributed by atoms with Gasteiger partial charge < -0.3 is 15.3 Å². The van der Waals surface area contributed by atoms with E-state index in [4.69, 9.17) is 5.11 Å². The molecule has 0 saturated carbocycles. The second-order valence-corrected chi connectivity index (χ2v) is 0.699. The SMILES string of the molecule is CCOC(=O)O.O. The minimum Gasteiger partial charge on any atom is -0.450 e. The van der Waals surface area contributed by atoms with Crippen molar-refractivity contribution in [2.45, 2.75) is 6.92 Å². The van der Waals surface area contributed by atoms with Gasteiger partial charge in [-0.25, -0.2) is 4.79 Å². The standard InChI is InChI=1S/C3H6O3.H2O/c1-2-6-3(4)5;/h2H2,1H3,(H,4,5);1H2. The first-order valence-electron chi connectivity index (χ1n) is 1.63. The monoisotopic (exact) mass is 108 g/mol. The van der Waals surface area contributed by atoms with Crippen LogP contribution in [-0.2, 0) is 4.74 Å². The minimum atomic E-state index is -1.21. The van der Waals surface area contributed by atoms with Gasteiger partial charge in [-0.1, -0.05) is 0 Å². The zero-order valence-electron chi connectivity index (χ0n) is 3.97. The molecule has 0 bridgehead atoms. The number of hydrogen-bond donors (Lipinski definition) is 1. The molecule has 44 valence electrons. The van der Waals surface area contributed by atoms with Crippen LogP contribution in [0, 0.1) is 0 Å². The predicted octanol–water partition coefficient (Wildman–Crippen LogP) is -0.124. The Morgan fingerprint density at radius 1 is 1.86 bits per heavy atom. The molecule has 0 aromatic carbocycles. The number of ether oxygens (including phenoxy) is 1. The molecule has 0 rings (SSSR count). The summed E-state index contributed by atoms with van der Waals surface area (Å²) < 4.78 is 3.96. The molecule has 0 spiro atoms. The molecule has 0 aliphatic carbocycles. The molecule has 4 heteroatoms. The molecule has 0 heterocycles. The van der Waals surface area contributed by atoms with Gasteiger partial charge >= 0.3 is 6.16 Å². The maximum Gasteiger partial charge on any atom is 0.505 e. The largest absolute Gasteiger partial charge is 0.505 e. The molecule has 0 saturated heterocycles. The smallest absolute Gasteiger partial charge is 0.450 e. The molecular formula is C3H8O4. The van der Waals surface area contributed by atoms with E-state index in [9.17, 15) is 4.79 Å². The van der Waals surface area contributed by atoms with Gasteiger partial charge in [0.05, 0.1) is 6.61 Å². The summed E-state index contributed by atoms with van der Waals surface area (Å²) in [4.78, 5) is 9.38. The van der Waals surface area contributed by atoms with Gasteiger partial charge in [-0.3, -0.25) is 0 Å². The third-order valence-corrected chi connectivity index (χ3v) is 0.268. The van der Waals surface area contributed by atoms with Crippen molar-refractivity contribution in [3.05, 3.63) is 0 Å². The highest BCUT2D eigenvalue weighted by Crippen LogP contribution is 1.69. The van der Waals surface area contributed by atoms with Crippen LogP contribution < -0.4 is 0 Å². The zero-order valence-corrected chi connectivity index (χ0v) is 3.97. The van der Waals surface area contributed by atoms with Crippen LogP contribution >= 0.6 is 0 Å². The van der Waals surface area contributed by atoms with E-state index in [0.717, 1.165) is 0 Å². The predicted molar refractivity (Wildman–Crippen MR) is 23.3 cm³/mol. The van der Waals surface area contributed by atoms with E-state index in [-0.39, 0.29) is 12.1 Å². The molecular weight excluding hydrogens is 100 g/mol. The highest BCUT2D eigenvalue weighted by atomic mass is 16.7. The van der Waals surface area contributed by atoms with E-state index in [1.807, 2.05) is 0 Å². The van der Waals surface area contributed by atoms with Crippen LogP contribution in [0.2, 0.25) is 0 Å². The Morgan fingerprint density at radius 3 is 2.29 bits per heavy atom. The van der Waals surface area contributed by atoms with Crippen LogP contribution in [0.4, 0.5) is 4.79 Å². The van der Waals surface area contributed by atoms with Gasteiger partial charge in [0.1, 0.15) is 0 Å². The first-order valence-corrected chi connectivity index (χ1v) is 1.63. The van der Waals surface area contributed by atoms with Crippen molar-refractivity contribution >= 4 is 6.16 Å². The van der Waals surface area contributed by atoms with Crippen molar-refractivity contribution in [3.8, 4) is 0 Å². The highest BCUT2D eigenvalue weighted by Gasteiger charge is 1.86. The summed E-state index contributed by atoms with van der Waals surface area (Å²) in [6.45, 7) is 1.85. The fraction of sp³-hybridized carbons (Fsp3) is 0.667. The lowest BCUT2D eigenvalue weighted by molar-refractivity contribution is 0.0966. The van der Waals surface area contributed by atoms with E-state index < -0.39 is 6.16 Å². The summed E-state index contributed by atoms with van der Waals surface area (Å²) in [5, 5.41) is 7.69. The molecule has 3 N–H and O–H groups in total. The van der Waals surface area contributed by atoms with Gasteiger partial charge in [-0.05, 0) is 6.92 Å². The molecule has 0 amide bonds. The fourth-order valence-corrected chi connectivity index (χ4v) is 0.123. The van der Waals surface area contributed by atoms with Crippen molar-refractivity contribution in [2.75, 3.05) is 6.61 Å². The molecule has 0 atom stereocenters. The number of rotatable bonds is 1. The number of hydrogen-bond acceptors (Lipinski definition) is 2. The third kappa shape index (κ3) is 11.0. The average molecular weight is 108 g/mol. The Morgan fingerprint density at radius 2 is 2.29 bits per heavy atom. The molecule has 0 aromatic heterocycles. The summed E-state index contributed by atoms with van der Waals surface area (Å²) in [6, 6.07) is 0. The topological polar surface area (TPSA) is 78.0 Å². The van der Waals surface area contributed by atoms with Gasteiger partial charge in [0.2, 0.25) is 0 Å². The summed E-state index contributed by atoms with van der Waals surface area (Å²) in [5.74, 6) is 0. The van der Waals surface area contributed by atoms with E-state index in [1.54, 1.807) is 6.92 Å². The Kier molecular flexibility index (Phi) is 7.12. The molecule has 7 heavy (non-hydrogen) atoms. The second-order valence-electron chi connectivity index (χ2n) is 0.699. The number of carbonyl (C=O) groups is 1. The lowest BCUT2D eigenvalue weighted by atomic mass is 10.9. The second kappa shape index (κ2) is 5.23. The normalized spacial score (nSPS) is 6.43. The van der Waals surface area contributed by atoms with Gasteiger partial charge in [0.25, 0.3) is 0 Å². The van der Waals surface area contributed by atoms with Crippen LogP contribution in [0.5, 0.6) is 0 Å². The lowest BCUT2D eigenvalue weighted by Crippen LogP contribution is -1.97.